The van der Waals surface area contributed by atoms with E-state index >= 15 is 4.39 Å². The molecule has 15 heteroatoms. The third kappa shape index (κ3) is 6.60. The third-order valence-corrected chi connectivity index (χ3v) is 7.59. The number of amides is 1. The first kappa shape index (κ1) is 30.9. The Morgan fingerprint density at radius 2 is 1.76 bits per heavy atom. The van der Waals surface area contributed by atoms with Gasteiger partial charge < -0.3 is 10.3 Å². The first-order valence-electron chi connectivity index (χ1n) is 14.1. The van der Waals surface area contributed by atoms with E-state index < -0.39 is 21.7 Å². The highest BCUT2D eigenvalue weighted by Crippen LogP contribution is 2.34. The Morgan fingerprint density at radius 3 is 2.52 bits per heavy atom. The number of imidazole rings is 1. The van der Waals surface area contributed by atoms with Crippen molar-refractivity contribution in [2.45, 2.75) is 33.7 Å². The molecule has 0 atom stereocenters. The molecule has 0 fully saturated rings. The van der Waals surface area contributed by atoms with Crippen LogP contribution in [0.1, 0.15) is 32.8 Å². The summed E-state index contributed by atoms with van der Waals surface area (Å²) in [5.41, 5.74) is 3.06. The maximum absolute atomic E-state index is 16.2. The summed E-state index contributed by atoms with van der Waals surface area (Å²) >= 11 is 0. The second kappa shape index (κ2) is 11.7. The van der Waals surface area contributed by atoms with Crippen molar-refractivity contribution in [3.63, 3.8) is 0 Å². The first-order chi connectivity index (χ1) is 21.7. The molecule has 46 heavy (non-hydrogen) atoms. The van der Waals surface area contributed by atoms with E-state index in [1.807, 2.05) is 20.8 Å². The zero-order valence-corrected chi connectivity index (χ0v) is 26.1. The summed E-state index contributed by atoms with van der Waals surface area (Å²) in [6.45, 7) is 5.76. The van der Waals surface area contributed by atoms with E-state index in [4.69, 9.17) is 0 Å². The molecule has 0 aliphatic heterocycles. The highest BCUT2D eigenvalue weighted by Gasteiger charge is 2.22. The van der Waals surface area contributed by atoms with Gasteiger partial charge in [0.1, 0.15) is 22.7 Å². The Bertz CT molecular complexity index is 2240. The van der Waals surface area contributed by atoms with Crippen LogP contribution < -0.4 is 10.0 Å². The van der Waals surface area contributed by atoms with Gasteiger partial charge in [-0.05, 0) is 41.3 Å². The van der Waals surface area contributed by atoms with Crippen LogP contribution in [0.25, 0.3) is 56.0 Å². The average Bonchev–Trinajstić information content (AvgIpc) is 3.59. The van der Waals surface area contributed by atoms with Gasteiger partial charge in [0.25, 0.3) is 0 Å². The number of hydrogen-bond donors (Lipinski definition) is 4. The number of aromatic amines is 2. The van der Waals surface area contributed by atoms with Crippen molar-refractivity contribution in [1.29, 1.82) is 0 Å². The van der Waals surface area contributed by atoms with Gasteiger partial charge in [-0.2, -0.15) is 5.10 Å². The Hall–Kier alpha value is -5.15. The smallest absolute Gasteiger partial charge is 0.224 e. The van der Waals surface area contributed by atoms with Crippen molar-refractivity contribution in [2.75, 3.05) is 11.6 Å². The van der Waals surface area contributed by atoms with Gasteiger partial charge in [0, 0.05) is 36.5 Å². The van der Waals surface area contributed by atoms with Gasteiger partial charge in [-0.1, -0.05) is 20.8 Å². The third-order valence-electron chi connectivity index (χ3n) is 6.93. The number of carbonyl (C=O) groups excluding carboxylic acids is 1. The topological polar surface area (TPSA) is 171 Å². The van der Waals surface area contributed by atoms with Crippen molar-refractivity contribution in [3.8, 4) is 34.0 Å². The van der Waals surface area contributed by atoms with Crippen LogP contribution in [0.5, 0.6) is 0 Å². The van der Waals surface area contributed by atoms with E-state index in [9.17, 15) is 17.6 Å². The van der Waals surface area contributed by atoms with E-state index in [-0.39, 0.29) is 40.5 Å². The summed E-state index contributed by atoms with van der Waals surface area (Å²) in [4.78, 5) is 33.1. The molecule has 0 aliphatic carbocycles. The molecule has 0 unspecified atom stereocenters. The zero-order valence-electron chi connectivity index (χ0n) is 25.2. The molecular formula is C31H29F2N9O3S. The van der Waals surface area contributed by atoms with Crippen LogP contribution in [0.15, 0.2) is 55.1 Å². The standard InChI is InChI=1S/C31H29F2N9O3S/c1-31(2,3)11-23(43)38-20-10-18(13-34-14-20)26-25(33)24-22(15-36-26)41-42-29(24)30-39-21-5-6-35-27(28(21)40-30)17-7-16(8-19(32)9-17)12-37-46(4,44)45/h5-10,13-15,37H,11-12H2,1-4H3,(H,38,43)(H,39,40)(H,41,42). The number of fused-ring (bicyclic) bond motifs is 2. The Balaban J connectivity index is 1.38. The summed E-state index contributed by atoms with van der Waals surface area (Å²) < 4.78 is 56.3. The number of nitrogens with one attached hydrogen (secondary N) is 4. The number of anilines is 1. The summed E-state index contributed by atoms with van der Waals surface area (Å²) in [6, 6.07) is 7.39. The molecule has 1 amide bonds. The molecule has 0 aliphatic rings. The quantitative estimate of drug-likeness (QED) is 0.172. The number of halogens is 2. The molecule has 1 aromatic carbocycles. The van der Waals surface area contributed by atoms with Crippen LogP contribution in [-0.4, -0.2) is 55.7 Å². The molecule has 5 heterocycles. The second-order valence-corrected chi connectivity index (χ2v) is 13.9. The summed E-state index contributed by atoms with van der Waals surface area (Å²) in [5.74, 6) is -1.22. The number of benzene rings is 1. The lowest BCUT2D eigenvalue weighted by Gasteiger charge is -2.17. The van der Waals surface area contributed by atoms with Gasteiger partial charge >= 0.3 is 0 Å². The lowest BCUT2D eigenvalue weighted by molar-refractivity contribution is -0.117. The number of aromatic nitrogens is 7. The Morgan fingerprint density at radius 1 is 0.957 bits per heavy atom. The molecule has 6 rings (SSSR count). The van der Waals surface area contributed by atoms with Crippen LogP contribution in [0.3, 0.4) is 0 Å². The number of carbonyl (C=O) groups is 1. The van der Waals surface area contributed by atoms with Crippen molar-refractivity contribution >= 4 is 43.6 Å². The van der Waals surface area contributed by atoms with Crippen LogP contribution >= 0.6 is 0 Å². The number of rotatable bonds is 8. The van der Waals surface area contributed by atoms with E-state index in [0.717, 1.165) is 6.26 Å². The lowest BCUT2D eigenvalue weighted by atomic mass is 9.92. The zero-order chi connectivity index (χ0) is 32.8. The number of hydrogen-bond acceptors (Lipinski definition) is 8. The van der Waals surface area contributed by atoms with Crippen molar-refractivity contribution in [3.05, 3.63) is 72.3 Å². The van der Waals surface area contributed by atoms with Crippen LogP contribution in [0.4, 0.5) is 14.5 Å². The van der Waals surface area contributed by atoms with Gasteiger partial charge in [0.05, 0.1) is 46.5 Å². The van der Waals surface area contributed by atoms with E-state index in [1.54, 1.807) is 18.2 Å². The minimum absolute atomic E-state index is 0.00281. The number of pyridine rings is 3. The van der Waals surface area contributed by atoms with Crippen molar-refractivity contribution in [1.82, 2.24) is 39.8 Å². The fourth-order valence-electron chi connectivity index (χ4n) is 5.03. The molecular weight excluding hydrogens is 616 g/mol. The molecule has 236 valence electrons. The minimum Gasteiger partial charge on any atom is -0.336 e. The molecule has 4 N–H and O–H groups in total. The molecule has 5 aromatic heterocycles. The van der Waals surface area contributed by atoms with Gasteiger partial charge in [-0.15, -0.1) is 0 Å². The Labute approximate surface area is 262 Å². The summed E-state index contributed by atoms with van der Waals surface area (Å²) in [6.07, 6.45) is 7.21. The highest BCUT2D eigenvalue weighted by molar-refractivity contribution is 7.88. The molecule has 6 aromatic rings. The average molecular weight is 646 g/mol. The van der Waals surface area contributed by atoms with E-state index in [0.29, 0.717) is 51.0 Å². The molecule has 12 nitrogen and oxygen atoms in total. The molecule has 0 saturated heterocycles. The first-order valence-corrected chi connectivity index (χ1v) is 16.0. The van der Waals surface area contributed by atoms with Crippen LogP contribution in [-0.2, 0) is 21.4 Å². The van der Waals surface area contributed by atoms with Gasteiger partial charge in [0.15, 0.2) is 11.6 Å². The molecule has 0 bridgehead atoms. The van der Waals surface area contributed by atoms with Crippen molar-refractivity contribution < 1.29 is 22.0 Å². The largest absolute Gasteiger partial charge is 0.336 e. The number of H-pyrrole nitrogens is 2. The lowest BCUT2D eigenvalue weighted by Crippen LogP contribution is -2.21. The number of nitrogens with zero attached hydrogens (tertiary/aromatic N) is 5. The van der Waals surface area contributed by atoms with Gasteiger partial charge in [-0.3, -0.25) is 24.8 Å². The highest BCUT2D eigenvalue weighted by atomic mass is 32.2. The molecule has 0 spiro atoms. The van der Waals surface area contributed by atoms with Crippen LogP contribution in [0.2, 0.25) is 0 Å². The van der Waals surface area contributed by atoms with Crippen molar-refractivity contribution in [2.24, 2.45) is 5.41 Å². The molecule has 0 saturated carbocycles. The van der Waals surface area contributed by atoms with E-state index in [1.165, 1.54) is 36.9 Å². The Kier molecular flexibility index (Phi) is 7.82. The predicted octanol–water partition coefficient (Wildman–Crippen LogP) is 5.33. The molecule has 0 radical (unpaired) electrons. The van der Waals surface area contributed by atoms with Crippen LogP contribution in [0, 0.1) is 17.0 Å². The maximum atomic E-state index is 16.2. The monoisotopic (exact) mass is 645 g/mol. The predicted molar refractivity (Wildman–Crippen MR) is 170 cm³/mol. The summed E-state index contributed by atoms with van der Waals surface area (Å²) in [5, 5.41) is 10.0. The normalized spacial score (nSPS) is 12.2. The maximum Gasteiger partial charge on any atom is 0.224 e. The fraction of sp³-hybridized carbons (Fsp3) is 0.226. The summed E-state index contributed by atoms with van der Waals surface area (Å²) in [7, 11) is -3.50. The fourth-order valence-corrected chi connectivity index (χ4v) is 5.46. The SMILES string of the molecule is CC(C)(C)CC(=O)Nc1cncc(-c2ncc3[nH]nc(-c4nc5c(-c6cc(F)cc(CNS(C)(=O)=O)c6)nccc5[nH]4)c3c2F)c1. The van der Waals surface area contributed by atoms with Gasteiger partial charge in [-0.25, -0.2) is 26.9 Å². The van der Waals surface area contributed by atoms with E-state index in [2.05, 4.69) is 45.2 Å². The second-order valence-electron chi connectivity index (χ2n) is 12.1. The minimum atomic E-state index is -3.50. The number of sulfonamides is 1. The van der Waals surface area contributed by atoms with Gasteiger partial charge in [0.2, 0.25) is 15.9 Å².